The first-order valence-corrected chi connectivity index (χ1v) is 6.16. The molecule has 0 atom stereocenters. The maximum Gasteiger partial charge on any atom is 0.305 e. The van der Waals surface area contributed by atoms with E-state index in [1.165, 1.54) is 6.07 Å². The normalized spacial score (nSPS) is 11.2. The average Bonchev–Trinajstić information content (AvgIpc) is 2.28. The maximum absolute atomic E-state index is 13.0. The summed E-state index contributed by atoms with van der Waals surface area (Å²) in [4.78, 5) is 22.3. The first kappa shape index (κ1) is 16.1. The third kappa shape index (κ3) is 5.34. The first-order valence-electron chi connectivity index (χ1n) is 6.16. The van der Waals surface area contributed by atoms with E-state index >= 15 is 0 Å². The van der Waals surface area contributed by atoms with Crippen LogP contribution in [0.2, 0.25) is 0 Å². The van der Waals surface area contributed by atoms with Crippen LogP contribution in [0.5, 0.6) is 0 Å². The summed E-state index contributed by atoms with van der Waals surface area (Å²) in [5, 5.41) is 11.3. The number of carboxylic acids is 1. The van der Waals surface area contributed by atoms with Gasteiger partial charge in [-0.1, -0.05) is 6.07 Å². The number of carboxylic acid groups (broad SMARTS) is 1. The van der Waals surface area contributed by atoms with Gasteiger partial charge >= 0.3 is 5.97 Å². The number of hydrogen-bond donors (Lipinski definition) is 2. The molecule has 0 saturated heterocycles. The lowest BCUT2D eigenvalue weighted by Gasteiger charge is -2.24. The number of amides is 1. The van der Waals surface area contributed by atoms with Gasteiger partial charge in [-0.25, -0.2) is 8.78 Å². The fourth-order valence-corrected chi connectivity index (χ4v) is 1.82. The minimum atomic E-state index is -1.00. The SMILES string of the molecule is CC(C)(CC(=O)O)NC(=O)CCc1ccc(F)c(F)c1. The van der Waals surface area contributed by atoms with Crippen LogP contribution in [0, 0.1) is 11.6 Å². The van der Waals surface area contributed by atoms with Crippen LogP contribution in [0.25, 0.3) is 0 Å². The molecule has 0 fully saturated rings. The van der Waals surface area contributed by atoms with Gasteiger partial charge in [-0.15, -0.1) is 0 Å². The zero-order chi connectivity index (χ0) is 15.3. The molecule has 0 aromatic heterocycles. The van der Waals surface area contributed by atoms with Crippen molar-refractivity contribution in [3.05, 3.63) is 35.4 Å². The molecular weight excluding hydrogens is 268 g/mol. The average molecular weight is 285 g/mol. The number of carbonyl (C=O) groups excluding carboxylic acids is 1. The molecule has 2 N–H and O–H groups in total. The Morgan fingerprint density at radius 2 is 1.90 bits per heavy atom. The lowest BCUT2D eigenvalue weighted by atomic mass is 10.00. The molecule has 4 nitrogen and oxygen atoms in total. The van der Waals surface area contributed by atoms with Crippen molar-refractivity contribution in [2.24, 2.45) is 0 Å². The lowest BCUT2D eigenvalue weighted by molar-refractivity contribution is -0.138. The molecule has 0 unspecified atom stereocenters. The largest absolute Gasteiger partial charge is 0.481 e. The summed E-state index contributed by atoms with van der Waals surface area (Å²) >= 11 is 0. The molecule has 0 bridgehead atoms. The molecular formula is C14H17F2NO3. The van der Waals surface area contributed by atoms with Crippen LogP contribution >= 0.6 is 0 Å². The second-order valence-corrected chi connectivity index (χ2v) is 5.25. The van der Waals surface area contributed by atoms with Crippen LogP contribution in [-0.2, 0) is 16.0 Å². The molecule has 0 aliphatic carbocycles. The number of nitrogens with one attached hydrogen (secondary N) is 1. The summed E-state index contributed by atoms with van der Waals surface area (Å²) in [5.74, 6) is -3.22. The van der Waals surface area contributed by atoms with Gasteiger partial charge in [0.15, 0.2) is 11.6 Å². The van der Waals surface area contributed by atoms with Gasteiger partial charge in [-0.2, -0.15) is 0 Å². The number of benzene rings is 1. The highest BCUT2D eigenvalue weighted by Gasteiger charge is 2.23. The summed E-state index contributed by atoms with van der Waals surface area (Å²) in [6, 6.07) is 3.47. The van der Waals surface area contributed by atoms with Crippen molar-refractivity contribution in [1.29, 1.82) is 0 Å². The van der Waals surface area contributed by atoms with Crippen molar-refractivity contribution in [2.45, 2.75) is 38.6 Å². The van der Waals surface area contributed by atoms with Crippen molar-refractivity contribution in [3.63, 3.8) is 0 Å². The Bertz CT molecular complexity index is 515. The van der Waals surface area contributed by atoms with Gasteiger partial charge in [-0.05, 0) is 38.0 Å². The lowest BCUT2D eigenvalue weighted by Crippen LogP contribution is -2.45. The quantitative estimate of drug-likeness (QED) is 0.842. The van der Waals surface area contributed by atoms with Crippen molar-refractivity contribution in [2.75, 3.05) is 0 Å². The number of aliphatic carboxylic acids is 1. The second-order valence-electron chi connectivity index (χ2n) is 5.25. The van der Waals surface area contributed by atoms with Gasteiger partial charge in [0.05, 0.1) is 6.42 Å². The number of aryl methyl sites for hydroxylation is 1. The fraction of sp³-hybridized carbons (Fsp3) is 0.429. The van der Waals surface area contributed by atoms with Gasteiger partial charge in [0.1, 0.15) is 0 Å². The standard InChI is InChI=1S/C14H17F2NO3/c1-14(2,8-13(19)20)17-12(18)6-4-9-3-5-10(15)11(16)7-9/h3,5,7H,4,6,8H2,1-2H3,(H,17,18)(H,19,20). The van der Waals surface area contributed by atoms with Gasteiger partial charge in [0, 0.05) is 12.0 Å². The summed E-state index contributed by atoms with van der Waals surface area (Å²) in [6.07, 6.45) is 0.143. The smallest absolute Gasteiger partial charge is 0.305 e. The Kier molecular flexibility index (Phi) is 5.19. The highest BCUT2D eigenvalue weighted by molar-refractivity contribution is 5.78. The zero-order valence-electron chi connectivity index (χ0n) is 11.4. The molecule has 0 radical (unpaired) electrons. The molecule has 6 heteroatoms. The van der Waals surface area contributed by atoms with E-state index < -0.39 is 23.1 Å². The number of hydrogen-bond acceptors (Lipinski definition) is 2. The van der Waals surface area contributed by atoms with Gasteiger partial charge in [0.25, 0.3) is 0 Å². The van der Waals surface area contributed by atoms with E-state index in [1.54, 1.807) is 13.8 Å². The van der Waals surface area contributed by atoms with Gasteiger partial charge in [-0.3, -0.25) is 9.59 Å². The van der Waals surface area contributed by atoms with Gasteiger partial charge < -0.3 is 10.4 Å². The van der Waals surface area contributed by atoms with E-state index in [-0.39, 0.29) is 25.2 Å². The predicted octanol–water partition coefficient (Wildman–Crippen LogP) is 2.27. The fourth-order valence-electron chi connectivity index (χ4n) is 1.82. The van der Waals surface area contributed by atoms with Crippen molar-refractivity contribution in [1.82, 2.24) is 5.32 Å². The molecule has 1 rings (SSSR count). The zero-order valence-corrected chi connectivity index (χ0v) is 11.4. The Balaban J connectivity index is 2.51. The molecule has 0 saturated carbocycles. The summed E-state index contributed by atoms with van der Waals surface area (Å²) in [6.45, 7) is 3.22. The molecule has 1 amide bonds. The molecule has 0 aliphatic heterocycles. The molecule has 110 valence electrons. The summed E-state index contributed by atoms with van der Waals surface area (Å²) in [7, 11) is 0. The highest BCUT2D eigenvalue weighted by atomic mass is 19.2. The van der Waals surface area contributed by atoms with E-state index in [1.807, 2.05) is 0 Å². The van der Waals surface area contributed by atoms with Crippen LogP contribution in [0.3, 0.4) is 0 Å². The minimum absolute atomic E-state index is 0.0775. The van der Waals surface area contributed by atoms with Crippen LogP contribution < -0.4 is 5.32 Å². The van der Waals surface area contributed by atoms with Crippen molar-refractivity contribution in [3.8, 4) is 0 Å². The number of carbonyl (C=O) groups is 2. The Morgan fingerprint density at radius 1 is 1.25 bits per heavy atom. The number of rotatable bonds is 6. The Hall–Kier alpha value is -1.98. The van der Waals surface area contributed by atoms with Crippen LogP contribution in [0.1, 0.15) is 32.3 Å². The predicted molar refractivity (Wildman–Crippen MR) is 69.2 cm³/mol. The summed E-state index contributed by atoms with van der Waals surface area (Å²) < 4.78 is 25.7. The molecule has 20 heavy (non-hydrogen) atoms. The van der Waals surface area contributed by atoms with Gasteiger partial charge in [0.2, 0.25) is 5.91 Å². The third-order valence-corrected chi connectivity index (χ3v) is 2.70. The molecule has 0 heterocycles. The minimum Gasteiger partial charge on any atom is -0.481 e. The third-order valence-electron chi connectivity index (χ3n) is 2.70. The van der Waals surface area contributed by atoms with Crippen LogP contribution in [0.15, 0.2) is 18.2 Å². The Labute approximate surface area is 115 Å². The highest BCUT2D eigenvalue weighted by Crippen LogP contribution is 2.12. The van der Waals surface area contributed by atoms with E-state index in [0.717, 1.165) is 12.1 Å². The monoisotopic (exact) mass is 285 g/mol. The molecule has 0 aliphatic rings. The van der Waals surface area contributed by atoms with E-state index in [4.69, 9.17) is 5.11 Å². The maximum atomic E-state index is 13.0. The van der Waals surface area contributed by atoms with E-state index in [0.29, 0.717) is 5.56 Å². The van der Waals surface area contributed by atoms with Crippen LogP contribution in [-0.4, -0.2) is 22.5 Å². The molecule has 1 aromatic rings. The topological polar surface area (TPSA) is 66.4 Å². The molecule has 1 aromatic carbocycles. The summed E-state index contributed by atoms with van der Waals surface area (Å²) in [5.41, 5.74) is -0.341. The second kappa shape index (κ2) is 6.45. The first-order chi connectivity index (χ1) is 9.19. The van der Waals surface area contributed by atoms with E-state index in [2.05, 4.69) is 5.32 Å². The molecule has 0 spiro atoms. The van der Waals surface area contributed by atoms with Crippen molar-refractivity contribution < 1.29 is 23.5 Å². The van der Waals surface area contributed by atoms with E-state index in [9.17, 15) is 18.4 Å². The van der Waals surface area contributed by atoms with Crippen LogP contribution in [0.4, 0.5) is 8.78 Å². The number of halogens is 2. The van der Waals surface area contributed by atoms with Crippen molar-refractivity contribution >= 4 is 11.9 Å². The Morgan fingerprint density at radius 3 is 2.45 bits per heavy atom.